The van der Waals surface area contributed by atoms with E-state index < -0.39 is 60.2 Å². The first-order valence-electron chi connectivity index (χ1n) is 8.66. The minimum absolute atomic E-state index is 0.0156. The zero-order valence-electron chi connectivity index (χ0n) is 16.0. The van der Waals surface area contributed by atoms with E-state index in [0.717, 1.165) is 0 Å². The van der Waals surface area contributed by atoms with Crippen molar-refractivity contribution >= 4 is 42.3 Å². The number of carboxylic acids is 2. The summed E-state index contributed by atoms with van der Waals surface area (Å²) in [5, 5.41) is 24.9. The summed E-state index contributed by atoms with van der Waals surface area (Å²) in [7, 11) is 0. The second kappa shape index (κ2) is 12.2. The molecule has 0 aromatic rings. The second-order valence-corrected chi connectivity index (χ2v) is 6.75. The van der Waals surface area contributed by atoms with Gasteiger partial charge in [0.05, 0.1) is 12.5 Å². The Bertz CT molecular complexity index is 602. The van der Waals surface area contributed by atoms with Crippen LogP contribution in [-0.4, -0.2) is 69.8 Å². The van der Waals surface area contributed by atoms with Gasteiger partial charge in [0.2, 0.25) is 17.7 Å². The topological polar surface area (TPSA) is 188 Å². The van der Waals surface area contributed by atoms with Gasteiger partial charge in [-0.1, -0.05) is 20.3 Å². The fraction of sp³-hybridized carbons (Fsp3) is 0.688. The Kier molecular flexibility index (Phi) is 11.2. The monoisotopic (exact) mass is 420 g/mol. The number of carbonyl (C=O) groups excluding carboxylic acids is 3. The first-order chi connectivity index (χ1) is 12.9. The van der Waals surface area contributed by atoms with Gasteiger partial charge in [-0.05, 0) is 12.8 Å². The molecule has 0 saturated carbocycles. The maximum absolute atomic E-state index is 12.3. The first kappa shape index (κ1) is 25.7. The Morgan fingerprint density at radius 1 is 0.964 bits per heavy atom. The van der Waals surface area contributed by atoms with Crippen molar-refractivity contribution in [2.75, 3.05) is 5.75 Å². The predicted octanol–water partition coefficient (Wildman–Crippen LogP) is -1.68. The number of hydrogen-bond donors (Lipinski definition) is 7. The van der Waals surface area contributed by atoms with Gasteiger partial charge in [-0.2, -0.15) is 12.6 Å². The van der Waals surface area contributed by atoms with E-state index in [1.54, 1.807) is 13.8 Å². The van der Waals surface area contributed by atoms with Gasteiger partial charge in [-0.25, -0.2) is 4.79 Å². The van der Waals surface area contributed by atoms with Gasteiger partial charge < -0.3 is 31.9 Å². The molecule has 3 amide bonds. The summed E-state index contributed by atoms with van der Waals surface area (Å²) < 4.78 is 0. The van der Waals surface area contributed by atoms with Crippen LogP contribution >= 0.6 is 12.6 Å². The SMILES string of the molecule is CCC(C)C(NC(=O)C(C)NC(=O)C(CC(=O)O)NC(=O)C(N)CS)C(=O)O. The summed E-state index contributed by atoms with van der Waals surface area (Å²) in [6.07, 6.45) is -0.216. The van der Waals surface area contributed by atoms with Gasteiger partial charge in [-0.3, -0.25) is 19.2 Å². The van der Waals surface area contributed by atoms with Crippen LogP contribution in [0, 0.1) is 5.92 Å². The lowest BCUT2D eigenvalue weighted by Crippen LogP contribution is -2.57. The summed E-state index contributed by atoms with van der Waals surface area (Å²) in [5.74, 6) is -5.35. The molecule has 7 N–H and O–H groups in total. The fourth-order valence-electron chi connectivity index (χ4n) is 2.09. The van der Waals surface area contributed by atoms with Crippen LogP contribution in [0.2, 0.25) is 0 Å². The highest BCUT2D eigenvalue weighted by atomic mass is 32.1. The third-order valence-electron chi connectivity index (χ3n) is 4.07. The zero-order valence-corrected chi connectivity index (χ0v) is 16.9. The van der Waals surface area contributed by atoms with Gasteiger partial charge in [-0.15, -0.1) is 0 Å². The summed E-state index contributed by atoms with van der Waals surface area (Å²) in [5.41, 5.74) is 5.48. The number of carbonyl (C=O) groups is 5. The van der Waals surface area contributed by atoms with Crippen LogP contribution in [0.25, 0.3) is 0 Å². The Labute approximate surface area is 168 Å². The number of amides is 3. The summed E-state index contributed by atoms with van der Waals surface area (Å²) in [6.45, 7) is 4.74. The molecule has 0 aliphatic rings. The van der Waals surface area contributed by atoms with Crippen LogP contribution in [0.3, 0.4) is 0 Å². The average Bonchev–Trinajstić information content (AvgIpc) is 2.62. The molecule has 0 radical (unpaired) electrons. The van der Waals surface area contributed by atoms with E-state index in [4.69, 9.17) is 10.8 Å². The summed E-state index contributed by atoms with van der Waals surface area (Å²) >= 11 is 3.85. The third kappa shape index (κ3) is 8.57. The lowest BCUT2D eigenvalue weighted by atomic mass is 9.99. The molecule has 28 heavy (non-hydrogen) atoms. The maximum atomic E-state index is 12.3. The number of hydrogen-bond acceptors (Lipinski definition) is 7. The highest BCUT2D eigenvalue weighted by Gasteiger charge is 2.30. The highest BCUT2D eigenvalue weighted by molar-refractivity contribution is 7.80. The van der Waals surface area contributed by atoms with Crippen LogP contribution < -0.4 is 21.7 Å². The predicted molar refractivity (Wildman–Crippen MR) is 103 cm³/mol. The van der Waals surface area contributed by atoms with Crippen molar-refractivity contribution in [2.24, 2.45) is 11.7 Å². The molecule has 5 unspecified atom stereocenters. The van der Waals surface area contributed by atoms with Gasteiger partial charge in [0, 0.05) is 5.75 Å². The molecule has 0 spiro atoms. The molecule has 0 aromatic carbocycles. The largest absolute Gasteiger partial charge is 0.481 e. The van der Waals surface area contributed by atoms with Crippen LogP contribution in [0.15, 0.2) is 0 Å². The first-order valence-corrected chi connectivity index (χ1v) is 9.29. The van der Waals surface area contributed by atoms with Crippen LogP contribution in [0.4, 0.5) is 0 Å². The summed E-state index contributed by atoms with van der Waals surface area (Å²) in [4.78, 5) is 58.6. The molecule has 0 aromatic heterocycles. The van der Waals surface area contributed by atoms with Gasteiger partial charge >= 0.3 is 11.9 Å². The molecule has 5 atom stereocenters. The number of carboxylic acid groups (broad SMARTS) is 2. The number of rotatable bonds is 12. The molecule has 0 bridgehead atoms. The summed E-state index contributed by atoms with van der Waals surface area (Å²) in [6, 6.07) is -4.80. The van der Waals surface area contributed by atoms with Crippen molar-refractivity contribution < 1.29 is 34.2 Å². The minimum Gasteiger partial charge on any atom is -0.481 e. The quantitative estimate of drug-likeness (QED) is 0.182. The van der Waals surface area contributed by atoms with E-state index >= 15 is 0 Å². The highest BCUT2D eigenvalue weighted by Crippen LogP contribution is 2.08. The average molecular weight is 420 g/mol. The van der Waals surface area contributed by atoms with Gasteiger partial charge in [0.25, 0.3) is 0 Å². The van der Waals surface area contributed by atoms with Crippen molar-refractivity contribution in [3.63, 3.8) is 0 Å². The molecule has 0 aliphatic carbocycles. The molecular weight excluding hydrogens is 392 g/mol. The number of nitrogens with one attached hydrogen (secondary N) is 3. The lowest BCUT2D eigenvalue weighted by molar-refractivity contribution is -0.144. The molecular formula is C16H28N4O7S. The van der Waals surface area contributed by atoms with Crippen molar-refractivity contribution in [3.05, 3.63) is 0 Å². The van der Waals surface area contributed by atoms with E-state index in [0.29, 0.717) is 6.42 Å². The van der Waals surface area contributed by atoms with Crippen LogP contribution in [0.5, 0.6) is 0 Å². The second-order valence-electron chi connectivity index (χ2n) is 6.39. The van der Waals surface area contributed by atoms with Gasteiger partial charge in [0.1, 0.15) is 18.1 Å². The maximum Gasteiger partial charge on any atom is 0.326 e. The number of thiol groups is 1. The Balaban J connectivity index is 5.07. The van der Waals surface area contributed by atoms with E-state index in [1.165, 1.54) is 6.92 Å². The van der Waals surface area contributed by atoms with E-state index in [2.05, 4.69) is 28.6 Å². The molecule has 160 valence electrons. The smallest absolute Gasteiger partial charge is 0.326 e. The van der Waals surface area contributed by atoms with Gasteiger partial charge in [0.15, 0.2) is 0 Å². The van der Waals surface area contributed by atoms with E-state index in [9.17, 15) is 29.1 Å². The lowest BCUT2D eigenvalue weighted by Gasteiger charge is -2.24. The Morgan fingerprint density at radius 2 is 1.54 bits per heavy atom. The zero-order chi connectivity index (χ0) is 22.0. The third-order valence-corrected chi connectivity index (χ3v) is 4.47. The Hall–Kier alpha value is -2.34. The number of aliphatic carboxylic acids is 2. The number of nitrogens with two attached hydrogens (primary N) is 1. The minimum atomic E-state index is -1.46. The van der Waals surface area contributed by atoms with Crippen molar-refractivity contribution in [1.29, 1.82) is 0 Å². The van der Waals surface area contributed by atoms with Crippen LogP contribution in [0.1, 0.15) is 33.6 Å². The molecule has 0 aliphatic heterocycles. The van der Waals surface area contributed by atoms with Crippen molar-refractivity contribution in [3.8, 4) is 0 Å². The van der Waals surface area contributed by atoms with Crippen molar-refractivity contribution in [1.82, 2.24) is 16.0 Å². The standard InChI is InChI=1S/C16H28N4O7S/c1-4-7(2)12(16(26)27)20-13(23)8(3)18-15(25)10(5-11(21)22)19-14(24)9(17)6-28/h7-10,12,28H,4-6,17H2,1-3H3,(H,18,25)(H,19,24)(H,20,23)(H,21,22)(H,26,27). The molecule has 0 fully saturated rings. The van der Waals surface area contributed by atoms with Crippen LogP contribution in [-0.2, 0) is 24.0 Å². The molecule has 0 rings (SSSR count). The molecule has 0 heterocycles. The molecule has 12 heteroatoms. The molecule has 11 nitrogen and oxygen atoms in total. The van der Waals surface area contributed by atoms with E-state index in [-0.39, 0.29) is 11.7 Å². The normalized spacial score (nSPS) is 16.0. The fourth-order valence-corrected chi connectivity index (χ4v) is 2.25. The van der Waals surface area contributed by atoms with E-state index in [1.807, 2.05) is 0 Å². The molecule has 0 saturated heterocycles. The Morgan fingerprint density at radius 3 is 1.96 bits per heavy atom. The van der Waals surface area contributed by atoms with Crippen molar-refractivity contribution in [2.45, 2.75) is 57.8 Å².